The molecule has 1 saturated heterocycles. The van der Waals surface area contributed by atoms with Gasteiger partial charge in [0.15, 0.2) is 0 Å². The Morgan fingerprint density at radius 1 is 1.21 bits per heavy atom. The van der Waals surface area contributed by atoms with E-state index in [1.54, 1.807) is 14.2 Å². The summed E-state index contributed by atoms with van der Waals surface area (Å²) in [4.78, 5) is 14.1. The first kappa shape index (κ1) is 14.7. The van der Waals surface area contributed by atoms with Gasteiger partial charge in [0.25, 0.3) is 0 Å². The van der Waals surface area contributed by atoms with Gasteiger partial charge in [0.1, 0.15) is 5.54 Å². The molecule has 2 N–H and O–H groups in total. The van der Waals surface area contributed by atoms with Gasteiger partial charge < -0.3 is 19.9 Å². The monoisotopic (exact) mass is 272 g/mol. The second kappa shape index (κ2) is 5.75. The highest BCUT2D eigenvalue weighted by Gasteiger charge is 2.51. The molecular weight excluding hydrogens is 248 g/mol. The molecule has 0 amide bonds. The Morgan fingerprint density at radius 3 is 2.11 bits per heavy atom. The summed E-state index contributed by atoms with van der Waals surface area (Å²) >= 11 is 0. The van der Waals surface area contributed by atoms with Gasteiger partial charge in [0.2, 0.25) is 0 Å². The van der Waals surface area contributed by atoms with Crippen LogP contribution in [0.15, 0.2) is 0 Å². The molecule has 2 rings (SSSR count). The summed E-state index contributed by atoms with van der Waals surface area (Å²) in [5.74, 6) is -0.0765. The lowest BCUT2D eigenvalue weighted by Crippen LogP contribution is -2.58. The Bertz CT molecular complexity index is 323. The van der Waals surface area contributed by atoms with Crippen LogP contribution in [0.5, 0.6) is 0 Å². The predicted molar refractivity (Wildman–Crippen MR) is 69.7 cm³/mol. The molecule has 110 valence electrons. The number of esters is 1. The maximum Gasteiger partial charge on any atom is 0.327 e. The van der Waals surface area contributed by atoms with Crippen molar-refractivity contribution in [1.29, 1.82) is 0 Å². The number of hydrogen-bond acceptors (Lipinski definition) is 6. The Hall–Kier alpha value is -0.690. The SMILES string of the molecule is COC(=O)C(N)(CN1CC(OC)C(OC)C1)C1CC1. The van der Waals surface area contributed by atoms with Crippen LogP contribution >= 0.6 is 0 Å². The Labute approximate surface area is 114 Å². The van der Waals surface area contributed by atoms with E-state index in [0.29, 0.717) is 6.54 Å². The lowest BCUT2D eigenvalue weighted by Gasteiger charge is -2.31. The van der Waals surface area contributed by atoms with E-state index in [2.05, 4.69) is 4.90 Å². The lowest BCUT2D eigenvalue weighted by atomic mass is 9.94. The van der Waals surface area contributed by atoms with E-state index in [4.69, 9.17) is 19.9 Å². The van der Waals surface area contributed by atoms with Crippen LogP contribution in [-0.2, 0) is 19.0 Å². The highest BCUT2D eigenvalue weighted by molar-refractivity contribution is 5.81. The third-order valence-electron chi connectivity index (χ3n) is 4.25. The highest BCUT2D eigenvalue weighted by Crippen LogP contribution is 2.39. The quantitative estimate of drug-likeness (QED) is 0.664. The minimum atomic E-state index is -0.893. The summed E-state index contributed by atoms with van der Waals surface area (Å²) in [5, 5.41) is 0. The van der Waals surface area contributed by atoms with Gasteiger partial charge in [-0.15, -0.1) is 0 Å². The topological polar surface area (TPSA) is 74.0 Å². The number of rotatable bonds is 6. The largest absolute Gasteiger partial charge is 0.468 e. The maximum absolute atomic E-state index is 12.0. The fraction of sp³-hybridized carbons (Fsp3) is 0.923. The summed E-state index contributed by atoms with van der Waals surface area (Å²) in [6.45, 7) is 1.97. The van der Waals surface area contributed by atoms with Gasteiger partial charge in [-0.25, -0.2) is 0 Å². The van der Waals surface area contributed by atoms with Crippen LogP contribution in [0.4, 0.5) is 0 Å². The Balaban J connectivity index is 2.01. The fourth-order valence-electron chi connectivity index (χ4n) is 2.92. The van der Waals surface area contributed by atoms with Gasteiger partial charge in [0, 0.05) is 33.9 Å². The first-order chi connectivity index (χ1) is 9.05. The van der Waals surface area contributed by atoms with Gasteiger partial charge in [-0.1, -0.05) is 0 Å². The minimum Gasteiger partial charge on any atom is -0.468 e. The van der Waals surface area contributed by atoms with Crippen LogP contribution in [0, 0.1) is 5.92 Å². The van der Waals surface area contributed by atoms with E-state index in [1.165, 1.54) is 7.11 Å². The molecule has 19 heavy (non-hydrogen) atoms. The summed E-state index contributed by atoms with van der Waals surface area (Å²) < 4.78 is 15.7. The molecule has 3 unspecified atom stereocenters. The number of likely N-dealkylation sites (tertiary alicyclic amines) is 1. The van der Waals surface area contributed by atoms with Crippen LogP contribution < -0.4 is 5.73 Å². The first-order valence-electron chi connectivity index (χ1n) is 6.70. The zero-order valence-corrected chi connectivity index (χ0v) is 11.9. The van der Waals surface area contributed by atoms with Gasteiger partial charge in [-0.3, -0.25) is 9.69 Å². The Kier molecular flexibility index (Phi) is 4.45. The van der Waals surface area contributed by atoms with Crippen molar-refractivity contribution in [3.05, 3.63) is 0 Å². The summed E-state index contributed by atoms with van der Waals surface area (Å²) in [6.07, 6.45) is 2.07. The number of carbonyl (C=O) groups excluding carboxylic acids is 1. The molecular formula is C13H24N2O4. The van der Waals surface area contributed by atoms with Gasteiger partial charge in [-0.2, -0.15) is 0 Å². The van der Waals surface area contributed by atoms with Crippen molar-refractivity contribution < 1.29 is 19.0 Å². The Morgan fingerprint density at radius 2 is 1.74 bits per heavy atom. The van der Waals surface area contributed by atoms with Crippen molar-refractivity contribution in [3.63, 3.8) is 0 Å². The smallest absolute Gasteiger partial charge is 0.327 e. The molecule has 0 spiro atoms. The third-order valence-corrected chi connectivity index (χ3v) is 4.25. The van der Waals surface area contributed by atoms with Crippen LogP contribution in [0.1, 0.15) is 12.8 Å². The fourth-order valence-corrected chi connectivity index (χ4v) is 2.92. The van der Waals surface area contributed by atoms with E-state index in [1.807, 2.05) is 0 Å². The van der Waals surface area contributed by atoms with Gasteiger partial charge in [0.05, 0.1) is 19.3 Å². The van der Waals surface area contributed by atoms with Crippen molar-refractivity contribution in [2.45, 2.75) is 30.6 Å². The van der Waals surface area contributed by atoms with Gasteiger partial charge >= 0.3 is 5.97 Å². The molecule has 0 aromatic heterocycles. The van der Waals surface area contributed by atoms with Crippen LogP contribution in [-0.4, -0.2) is 69.6 Å². The van der Waals surface area contributed by atoms with Crippen LogP contribution in [0.3, 0.4) is 0 Å². The van der Waals surface area contributed by atoms with Crippen molar-refractivity contribution in [3.8, 4) is 0 Å². The molecule has 0 aromatic carbocycles. The molecule has 2 fully saturated rings. The predicted octanol–water partition coefficient (Wildman–Crippen LogP) is -0.387. The highest BCUT2D eigenvalue weighted by atomic mass is 16.5. The van der Waals surface area contributed by atoms with Crippen molar-refractivity contribution in [1.82, 2.24) is 4.90 Å². The summed E-state index contributed by atoms with van der Waals surface area (Å²) in [6, 6.07) is 0. The molecule has 3 atom stereocenters. The molecule has 0 bridgehead atoms. The number of methoxy groups -OCH3 is 3. The molecule has 1 saturated carbocycles. The first-order valence-corrected chi connectivity index (χ1v) is 6.70. The number of nitrogens with two attached hydrogens (primary N) is 1. The van der Waals surface area contributed by atoms with Crippen molar-refractivity contribution in [2.24, 2.45) is 11.7 Å². The average Bonchev–Trinajstić information content (AvgIpc) is 3.20. The van der Waals surface area contributed by atoms with Crippen molar-refractivity contribution >= 4 is 5.97 Å². The van der Waals surface area contributed by atoms with Crippen LogP contribution in [0.25, 0.3) is 0 Å². The standard InChI is InChI=1S/C13H24N2O4/c1-17-10-6-15(7-11(10)18-2)8-13(14,9-4-5-9)12(16)19-3/h9-11H,4-8,14H2,1-3H3. The average molecular weight is 272 g/mol. The molecule has 1 aliphatic carbocycles. The van der Waals surface area contributed by atoms with E-state index < -0.39 is 5.54 Å². The van der Waals surface area contributed by atoms with E-state index >= 15 is 0 Å². The lowest BCUT2D eigenvalue weighted by molar-refractivity contribution is -0.148. The maximum atomic E-state index is 12.0. The van der Waals surface area contributed by atoms with Crippen molar-refractivity contribution in [2.75, 3.05) is 41.0 Å². The second-order valence-electron chi connectivity index (χ2n) is 5.55. The molecule has 1 aliphatic heterocycles. The number of ether oxygens (including phenoxy) is 3. The normalized spacial score (nSPS) is 31.2. The molecule has 0 aromatic rings. The summed E-state index contributed by atoms with van der Waals surface area (Å²) in [7, 11) is 4.75. The molecule has 1 heterocycles. The number of carbonyl (C=O) groups is 1. The van der Waals surface area contributed by atoms with E-state index in [9.17, 15) is 4.79 Å². The molecule has 0 radical (unpaired) electrons. The zero-order valence-electron chi connectivity index (χ0n) is 11.9. The molecule has 6 heteroatoms. The number of hydrogen-bond donors (Lipinski definition) is 1. The van der Waals surface area contributed by atoms with E-state index in [0.717, 1.165) is 25.9 Å². The van der Waals surface area contributed by atoms with Crippen LogP contribution in [0.2, 0.25) is 0 Å². The molecule has 2 aliphatic rings. The zero-order chi connectivity index (χ0) is 14.0. The molecule has 6 nitrogen and oxygen atoms in total. The summed E-state index contributed by atoms with van der Waals surface area (Å²) in [5.41, 5.74) is 5.42. The second-order valence-corrected chi connectivity index (χ2v) is 5.55. The third kappa shape index (κ3) is 2.91. The minimum absolute atomic E-state index is 0.0334. The van der Waals surface area contributed by atoms with E-state index in [-0.39, 0.29) is 24.1 Å². The number of nitrogens with zero attached hydrogens (tertiary/aromatic N) is 1. The van der Waals surface area contributed by atoms with Gasteiger partial charge in [-0.05, 0) is 18.8 Å².